The van der Waals surface area contributed by atoms with Gasteiger partial charge in [0.1, 0.15) is 0 Å². The molecule has 0 bridgehead atoms. The third-order valence-corrected chi connectivity index (χ3v) is 4.66. The van der Waals surface area contributed by atoms with E-state index in [2.05, 4.69) is 105 Å². The van der Waals surface area contributed by atoms with Crippen molar-refractivity contribution < 1.29 is 17.0 Å². The number of hydrogen-bond donors (Lipinski definition) is 0. The summed E-state index contributed by atoms with van der Waals surface area (Å²) in [6.45, 7) is 2.25. The predicted octanol–water partition coefficient (Wildman–Crippen LogP) is 1.78. The topological polar surface area (TPSA) is 3.24 Å². The van der Waals surface area contributed by atoms with E-state index in [0.717, 1.165) is 0 Å². The summed E-state index contributed by atoms with van der Waals surface area (Å²) >= 11 is 0. The van der Waals surface area contributed by atoms with Crippen molar-refractivity contribution in [1.29, 1.82) is 0 Å². The van der Waals surface area contributed by atoms with Crippen molar-refractivity contribution in [2.75, 3.05) is 25.7 Å². The molecule has 0 N–H and O–H groups in total. The highest BCUT2D eigenvalue weighted by Gasteiger charge is 2.04. The second-order valence-electron chi connectivity index (χ2n) is 5.48. The van der Waals surface area contributed by atoms with Crippen molar-refractivity contribution in [2.24, 2.45) is 0 Å². The molecule has 0 aliphatic carbocycles. The van der Waals surface area contributed by atoms with E-state index in [1.807, 2.05) is 6.07 Å². The number of para-hydroxylation sites is 1. The molecule has 3 heteroatoms. The second kappa shape index (κ2) is 11.0. The van der Waals surface area contributed by atoms with E-state index in [0.29, 0.717) is 8.58 Å². The Kier molecular flexibility index (Phi) is 9.37. The zero-order valence-corrected chi connectivity index (χ0v) is 17.2. The molecule has 0 saturated heterocycles. The maximum absolute atomic E-state index is 2.25. The molecule has 0 aliphatic rings. The van der Waals surface area contributed by atoms with Crippen LogP contribution in [0, 0.1) is 0 Å². The first-order valence-electron chi connectivity index (χ1n) is 7.88. The molecule has 3 aromatic rings. The normalized spacial score (nSPS) is 9.79. The number of nitrogens with zero attached hydrogens (tertiary/aromatic N) is 1. The quantitative estimate of drug-likeness (QED) is 0.604. The zero-order valence-electron chi connectivity index (χ0n) is 14.5. The summed E-state index contributed by atoms with van der Waals surface area (Å²) in [4.78, 5) is 2.14. The fourth-order valence-electron chi connectivity index (χ4n) is 2.37. The molecular weight excluding hydrogens is 377 g/mol. The lowest BCUT2D eigenvalue weighted by Crippen LogP contribution is -3.00. The van der Waals surface area contributed by atoms with Crippen LogP contribution in [-0.2, 0) is 0 Å². The number of benzene rings is 3. The van der Waals surface area contributed by atoms with Crippen LogP contribution in [-0.4, -0.2) is 20.8 Å². The largest absolute Gasteiger partial charge is 1.00 e. The van der Waals surface area contributed by atoms with Crippen molar-refractivity contribution in [1.82, 2.24) is 0 Å². The molecule has 1 atom stereocenters. The Hall–Kier alpha value is -1.63. The first-order chi connectivity index (χ1) is 11.2. The average molecular weight is 402 g/mol. The van der Waals surface area contributed by atoms with Gasteiger partial charge in [0.25, 0.3) is 0 Å². The fraction of sp³-hybridized carbons (Fsp3) is 0.143. The molecule has 1 unspecified atom stereocenters. The van der Waals surface area contributed by atoms with Crippen LogP contribution < -0.4 is 27.2 Å². The molecule has 3 aromatic carbocycles. The molecule has 0 radical (unpaired) electrons. The van der Waals surface area contributed by atoms with Crippen LogP contribution in [0.15, 0.2) is 84.9 Å². The maximum atomic E-state index is 2.25. The highest BCUT2D eigenvalue weighted by Crippen LogP contribution is 2.28. The number of anilines is 1. The molecule has 24 heavy (non-hydrogen) atoms. The number of hydrogen-bond acceptors (Lipinski definition) is 1. The van der Waals surface area contributed by atoms with Crippen LogP contribution in [0.1, 0.15) is 0 Å². The third-order valence-electron chi connectivity index (χ3n) is 3.60. The standard InChI is InChI=1S/C14H15N.C7H9P.BrH/c1-15(2)14-11-7-6-10-13(14)12-8-4-3-5-9-12;1-8-7-5-3-2-4-6-7;/h3-11H,1-2H3;2-6,8H,1H3;1H. The van der Waals surface area contributed by atoms with Crippen LogP contribution in [0.5, 0.6) is 0 Å². The summed E-state index contributed by atoms with van der Waals surface area (Å²) in [5.74, 6) is 0. The van der Waals surface area contributed by atoms with Crippen LogP contribution in [0.4, 0.5) is 5.69 Å². The SMILES string of the molecule is CN(C)c1ccccc1-c1ccccc1.C[PH2+]c1ccccc1.[Br-]. The van der Waals surface area contributed by atoms with Gasteiger partial charge in [-0.05, 0) is 23.8 Å². The Bertz CT molecular complexity index is 699. The summed E-state index contributed by atoms with van der Waals surface area (Å²) in [7, 11) is 4.65. The first-order valence-corrected chi connectivity index (χ1v) is 9.61. The minimum atomic E-state index is 0. The second-order valence-corrected chi connectivity index (χ2v) is 6.72. The van der Waals surface area contributed by atoms with Gasteiger partial charge >= 0.3 is 0 Å². The summed E-state index contributed by atoms with van der Waals surface area (Å²) in [6, 6.07) is 29.5. The minimum absolute atomic E-state index is 0. The van der Waals surface area contributed by atoms with E-state index in [1.54, 1.807) is 0 Å². The maximum Gasteiger partial charge on any atom is 0.0886 e. The van der Waals surface area contributed by atoms with Gasteiger partial charge in [-0.1, -0.05) is 66.7 Å². The Balaban J connectivity index is 0.000000273. The predicted molar refractivity (Wildman–Crippen MR) is 108 cm³/mol. The molecule has 1 nitrogen and oxygen atoms in total. The van der Waals surface area contributed by atoms with Crippen molar-refractivity contribution in [2.45, 2.75) is 0 Å². The summed E-state index contributed by atoms with van der Waals surface area (Å²) in [6.07, 6.45) is 0. The monoisotopic (exact) mass is 401 g/mol. The van der Waals surface area contributed by atoms with E-state index >= 15 is 0 Å². The van der Waals surface area contributed by atoms with Gasteiger partial charge in [0.15, 0.2) is 0 Å². The lowest BCUT2D eigenvalue weighted by atomic mass is 10.0. The highest BCUT2D eigenvalue weighted by molar-refractivity contribution is 7.46. The molecule has 0 amide bonds. The first kappa shape index (κ1) is 20.4. The van der Waals surface area contributed by atoms with Gasteiger partial charge in [-0.15, -0.1) is 0 Å². The molecule has 0 aliphatic heterocycles. The minimum Gasteiger partial charge on any atom is -1.00 e. The van der Waals surface area contributed by atoms with Crippen molar-refractivity contribution in [3.63, 3.8) is 0 Å². The van der Waals surface area contributed by atoms with Crippen LogP contribution in [0.2, 0.25) is 0 Å². The Morgan fingerprint density at radius 1 is 0.667 bits per heavy atom. The third kappa shape index (κ3) is 6.11. The molecule has 3 rings (SSSR count). The van der Waals surface area contributed by atoms with Gasteiger partial charge in [0, 0.05) is 40.6 Å². The van der Waals surface area contributed by atoms with Crippen LogP contribution >= 0.6 is 8.58 Å². The van der Waals surface area contributed by atoms with Gasteiger partial charge in [-0.25, -0.2) is 0 Å². The summed E-state index contributed by atoms with van der Waals surface area (Å²) in [5, 5.41) is 1.49. The Labute approximate surface area is 158 Å². The van der Waals surface area contributed by atoms with E-state index in [1.165, 1.54) is 22.1 Å². The lowest BCUT2D eigenvalue weighted by molar-refractivity contribution is -0.00000459. The molecule has 0 spiro atoms. The van der Waals surface area contributed by atoms with Crippen LogP contribution in [0.3, 0.4) is 0 Å². The number of halogens is 1. The molecule has 126 valence electrons. The molecule has 0 heterocycles. The van der Waals surface area contributed by atoms with Gasteiger partial charge in [-0.2, -0.15) is 0 Å². The van der Waals surface area contributed by atoms with E-state index in [4.69, 9.17) is 0 Å². The van der Waals surface area contributed by atoms with E-state index in [9.17, 15) is 0 Å². The van der Waals surface area contributed by atoms with Gasteiger partial charge in [0.05, 0.1) is 5.30 Å². The molecular formula is C21H25BrNP. The lowest BCUT2D eigenvalue weighted by Gasteiger charge is -2.17. The molecule has 0 saturated carbocycles. The van der Waals surface area contributed by atoms with Gasteiger partial charge in [-0.3, -0.25) is 0 Å². The van der Waals surface area contributed by atoms with Crippen molar-refractivity contribution >= 4 is 19.6 Å². The summed E-state index contributed by atoms with van der Waals surface area (Å²) < 4.78 is 0. The average Bonchev–Trinajstić information content (AvgIpc) is 2.63. The van der Waals surface area contributed by atoms with E-state index < -0.39 is 0 Å². The highest BCUT2D eigenvalue weighted by atomic mass is 79.9. The van der Waals surface area contributed by atoms with Gasteiger partial charge < -0.3 is 21.9 Å². The fourth-order valence-corrected chi connectivity index (χ4v) is 2.98. The smallest absolute Gasteiger partial charge is 0.0886 e. The molecule has 0 fully saturated rings. The van der Waals surface area contributed by atoms with Crippen molar-refractivity contribution in [3.8, 4) is 11.1 Å². The van der Waals surface area contributed by atoms with Crippen LogP contribution in [0.25, 0.3) is 11.1 Å². The van der Waals surface area contributed by atoms with E-state index in [-0.39, 0.29) is 17.0 Å². The number of rotatable bonds is 3. The van der Waals surface area contributed by atoms with Crippen molar-refractivity contribution in [3.05, 3.63) is 84.9 Å². The van der Waals surface area contributed by atoms with Gasteiger partial charge in [0.2, 0.25) is 0 Å². The molecule has 0 aromatic heterocycles. The zero-order chi connectivity index (χ0) is 16.5. The Morgan fingerprint density at radius 3 is 1.67 bits per heavy atom. The summed E-state index contributed by atoms with van der Waals surface area (Å²) in [5.41, 5.74) is 3.80. The Morgan fingerprint density at radius 2 is 1.17 bits per heavy atom.